The summed E-state index contributed by atoms with van der Waals surface area (Å²) in [5.41, 5.74) is 6.35. The zero-order valence-corrected chi connectivity index (χ0v) is 13.3. The molecule has 0 spiro atoms. The standard InChI is InChI=1S/C19H16.C3H6.CH4/c1-15-10-12-17(13-11-15)19-9-5-8-18(14-19)16-6-3-2-4-7-16;1-3-2;/h2-14H,1H3;3H,1H2,2H3;1H4. The lowest BCUT2D eigenvalue weighted by molar-refractivity contribution is 1.47. The predicted molar refractivity (Wildman–Crippen MR) is 105 cm³/mol. The average molecular weight is 302 g/mol. The topological polar surface area (TPSA) is 0 Å². The summed E-state index contributed by atoms with van der Waals surface area (Å²) in [6.45, 7) is 7.37. The SMILES string of the molecule is C.C=CC.Cc1ccc(-c2cccc(-c3ccccc3)c2)cc1. The molecule has 0 N–H and O–H groups in total. The Morgan fingerprint density at radius 1 is 0.652 bits per heavy atom. The second kappa shape index (κ2) is 9.42. The molecule has 0 aliphatic heterocycles. The first kappa shape index (κ1) is 18.4. The zero-order chi connectivity index (χ0) is 15.8. The van der Waals surface area contributed by atoms with Crippen molar-refractivity contribution in [2.75, 3.05) is 0 Å². The summed E-state index contributed by atoms with van der Waals surface area (Å²) < 4.78 is 0. The van der Waals surface area contributed by atoms with Crippen LogP contribution in [0.15, 0.2) is 91.5 Å². The van der Waals surface area contributed by atoms with Crippen molar-refractivity contribution in [3.63, 3.8) is 0 Å². The summed E-state index contributed by atoms with van der Waals surface area (Å²) in [7, 11) is 0. The molecule has 0 nitrogen and oxygen atoms in total. The summed E-state index contributed by atoms with van der Waals surface area (Å²) >= 11 is 0. The highest BCUT2D eigenvalue weighted by atomic mass is 14.1. The fourth-order valence-corrected chi connectivity index (χ4v) is 2.25. The zero-order valence-electron chi connectivity index (χ0n) is 13.3. The van der Waals surface area contributed by atoms with Gasteiger partial charge in [0.15, 0.2) is 0 Å². The van der Waals surface area contributed by atoms with Gasteiger partial charge in [-0.15, -0.1) is 6.58 Å². The minimum absolute atomic E-state index is 0. The molecule has 0 radical (unpaired) electrons. The van der Waals surface area contributed by atoms with E-state index < -0.39 is 0 Å². The van der Waals surface area contributed by atoms with Crippen LogP contribution < -0.4 is 0 Å². The van der Waals surface area contributed by atoms with Crippen molar-refractivity contribution in [1.29, 1.82) is 0 Å². The predicted octanol–water partition coefficient (Wildman–Crippen LogP) is 7.16. The molecule has 3 aromatic carbocycles. The number of benzene rings is 3. The third-order valence-corrected chi connectivity index (χ3v) is 3.35. The highest BCUT2D eigenvalue weighted by Crippen LogP contribution is 2.26. The van der Waals surface area contributed by atoms with Crippen molar-refractivity contribution in [2.45, 2.75) is 21.3 Å². The molecule has 118 valence electrons. The van der Waals surface area contributed by atoms with Crippen molar-refractivity contribution in [3.05, 3.63) is 97.1 Å². The summed E-state index contributed by atoms with van der Waals surface area (Å²) in [6, 6.07) is 27.9. The van der Waals surface area contributed by atoms with E-state index in [2.05, 4.69) is 86.3 Å². The molecule has 0 amide bonds. The second-order valence-electron chi connectivity index (χ2n) is 5.22. The van der Waals surface area contributed by atoms with Crippen molar-refractivity contribution in [3.8, 4) is 22.3 Å². The number of allylic oxidation sites excluding steroid dienone is 1. The monoisotopic (exact) mass is 302 g/mol. The number of hydrogen-bond donors (Lipinski definition) is 0. The molecule has 0 fully saturated rings. The van der Waals surface area contributed by atoms with Gasteiger partial charge in [-0.2, -0.15) is 0 Å². The molecule has 0 aliphatic rings. The van der Waals surface area contributed by atoms with Crippen LogP contribution in [-0.2, 0) is 0 Å². The molecule has 0 heterocycles. The molecule has 0 unspecified atom stereocenters. The van der Waals surface area contributed by atoms with Gasteiger partial charge in [-0.25, -0.2) is 0 Å². The lowest BCUT2D eigenvalue weighted by Gasteiger charge is -2.06. The van der Waals surface area contributed by atoms with E-state index in [0.717, 1.165) is 0 Å². The fraction of sp³-hybridized carbons (Fsp3) is 0.130. The van der Waals surface area contributed by atoms with Crippen LogP contribution in [0.4, 0.5) is 0 Å². The Labute approximate surface area is 141 Å². The Bertz CT molecular complexity index is 707. The van der Waals surface area contributed by atoms with Gasteiger partial charge in [-0.3, -0.25) is 0 Å². The molecule has 0 atom stereocenters. The molecule has 0 aromatic heterocycles. The maximum atomic E-state index is 3.36. The highest BCUT2D eigenvalue weighted by Gasteiger charge is 2.00. The smallest absolute Gasteiger partial charge is 0.0178 e. The average Bonchev–Trinajstić information content (AvgIpc) is 2.57. The number of hydrogen-bond acceptors (Lipinski definition) is 0. The molecule has 0 heteroatoms. The van der Waals surface area contributed by atoms with Crippen LogP contribution in [-0.4, -0.2) is 0 Å². The largest absolute Gasteiger partial charge is 0.103 e. The Hall–Kier alpha value is -2.60. The summed E-state index contributed by atoms with van der Waals surface area (Å²) in [5, 5.41) is 0. The Morgan fingerprint density at radius 3 is 1.61 bits per heavy atom. The van der Waals surface area contributed by atoms with Crippen LogP contribution in [0, 0.1) is 6.92 Å². The lowest BCUT2D eigenvalue weighted by atomic mass is 9.99. The van der Waals surface area contributed by atoms with Crippen LogP contribution in [0.3, 0.4) is 0 Å². The van der Waals surface area contributed by atoms with Crippen LogP contribution in [0.5, 0.6) is 0 Å². The van der Waals surface area contributed by atoms with Gasteiger partial charge < -0.3 is 0 Å². The highest BCUT2D eigenvalue weighted by molar-refractivity contribution is 5.73. The summed E-state index contributed by atoms with van der Waals surface area (Å²) in [5.74, 6) is 0. The molecule has 3 rings (SSSR count). The molecule has 3 aromatic rings. The summed E-state index contributed by atoms with van der Waals surface area (Å²) in [4.78, 5) is 0. The van der Waals surface area contributed by atoms with E-state index in [4.69, 9.17) is 0 Å². The maximum absolute atomic E-state index is 3.36. The van der Waals surface area contributed by atoms with E-state index in [-0.39, 0.29) is 7.43 Å². The summed E-state index contributed by atoms with van der Waals surface area (Å²) in [6.07, 6.45) is 1.75. The van der Waals surface area contributed by atoms with Crippen molar-refractivity contribution < 1.29 is 0 Å². The van der Waals surface area contributed by atoms with Crippen molar-refractivity contribution >= 4 is 0 Å². The quantitative estimate of drug-likeness (QED) is 0.441. The second-order valence-corrected chi connectivity index (χ2v) is 5.22. The van der Waals surface area contributed by atoms with Gasteiger partial charge in [0.2, 0.25) is 0 Å². The van der Waals surface area contributed by atoms with Gasteiger partial charge in [-0.05, 0) is 42.2 Å². The number of rotatable bonds is 2. The van der Waals surface area contributed by atoms with E-state index in [9.17, 15) is 0 Å². The van der Waals surface area contributed by atoms with Gasteiger partial charge in [0.25, 0.3) is 0 Å². The Balaban J connectivity index is 0.000000615. The van der Waals surface area contributed by atoms with Crippen LogP contribution in [0.2, 0.25) is 0 Å². The van der Waals surface area contributed by atoms with Gasteiger partial charge in [0.05, 0.1) is 0 Å². The molecular formula is C23H26. The minimum Gasteiger partial charge on any atom is -0.103 e. The Morgan fingerprint density at radius 2 is 1.09 bits per heavy atom. The van der Waals surface area contributed by atoms with Gasteiger partial charge in [0.1, 0.15) is 0 Å². The van der Waals surface area contributed by atoms with Gasteiger partial charge in [0, 0.05) is 0 Å². The van der Waals surface area contributed by atoms with E-state index in [1.807, 2.05) is 13.0 Å². The first-order valence-corrected chi connectivity index (χ1v) is 7.54. The maximum Gasteiger partial charge on any atom is -0.0178 e. The molecule has 0 bridgehead atoms. The minimum atomic E-state index is 0. The molecule has 0 saturated carbocycles. The third kappa shape index (κ3) is 5.27. The first-order chi connectivity index (χ1) is 10.7. The van der Waals surface area contributed by atoms with Crippen LogP contribution in [0.1, 0.15) is 19.9 Å². The molecule has 23 heavy (non-hydrogen) atoms. The van der Waals surface area contributed by atoms with Crippen LogP contribution >= 0.6 is 0 Å². The lowest BCUT2D eigenvalue weighted by Crippen LogP contribution is -1.81. The molecular weight excluding hydrogens is 276 g/mol. The molecule has 0 saturated heterocycles. The van der Waals surface area contributed by atoms with E-state index >= 15 is 0 Å². The van der Waals surface area contributed by atoms with Crippen LogP contribution in [0.25, 0.3) is 22.3 Å². The van der Waals surface area contributed by atoms with E-state index in [0.29, 0.717) is 0 Å². The number of aryl methyl sites for hydroxylation is 1. The van der Waals surface area contributed by atoms with E-state index in [1.165, 1.54) is 27.8 Å². The third-order valence-electron chi connectivity index (χ3n) is 3.35. The van der Waals surface area contributed by atoms with Crippen molar-refractivity contribution in [2.24, 2.45) is 0 Å². The Kier molecular flexibility index (Phi) is 7.56. The molecule has 0 aliphatic carbocycles. The van der Waals surface area contributed by atoms with E-state index in [1.54, 1.807) is 6.08 Å². The normalized spacial score (nSPS) is 9.13. The van der Waals surface area contributed by atoms with Crippen molar-refractivity contribution in [1.82, 2.24) is 0 Å². The van der Waals surface area contributed by atoms with Gasteiger partial charge in [-0.1, -0.05) is 91.9 Å². The fourth-order valence-electron chi connectivity index (χ4n) is 2.25. The van der Waals surface area contributed by atoms with Gasteiger partial charge >= 0.3 is 0 Å². The first-order valence-electron chi connectivity index (χ1n) is 7.54.